The lowest BCUT2D eigenvalue weighted by atomic mass is 9.98. The number of rotatable bonds is 0. The highest BCUT2D eigenvalue weighted by molar-refractivity contribution is 4.88. The van der Waals surface area contributed by atoms with Crippen LogP contribution in [0.5, 0.6) is 0 Å². The van der Waals surface area contributed by atoms with Crippen LogP contribution in [0, 0.1) is 0 Å². The van der Waals surface area contributed by atoms with Crippen LogP contribution in [0.25, 0.3) is 0 Å². The van der Waals surface area contributed by atoms with Gasteiger partial charge in [-0.25, -0.2) is 0 Å². The highest BCUT2D eigenvalue weighted by Crippen LogP contribution is 2.33. The summed E-state index contributed by atoms with van der Waals surface area (Å²) in [5, 5.41) is 9.09. The summed E-state index contributed by atoms with van der Waals surface area (Å²) in [7, 11) is 0. The van der Waals surface area contributed by atoms with Gasteiger partial charge in [0.25, 0.3) is 0 Å². The van der Waals surface area contributed by atoms with Crippen molar-refractivity contribution >= 4 is 0 Å². The van der Waals surface area contributed by atoms with E-state index in [9.17, 15) is 0 Å². The Morgan fingerprint density at radius 3 is 2.50 bits per heavy atom. The van der Waals surface area contributed by atoms with Gasteiger partial charge in [0.05, 0.1) is 18.3 Å². The van der Waals surface area contributed by atoms with Crippen molar-refractivity contribution < 1.29 is 9.84 Å². The summed E-state index contributed by atoms with van der Waals surface area (Å²) < 4.78 is 5.33. The highest BCUT2D eigenvalue weighted by Gasteiger charge is 2.39. The molecule has 2 heteroatoms. The first-order valence-corrected chi connectivity index (χ1v) is 3.20. The lowest BCUT2D eigenvalue weighted by molar-refractivity contribution is 0.0536. The third kappa shape index (κ3) is 0.501. The first-order chi connectivity index (χ1) is 3.86. The van der Waals surface area contributed by atoms with Crippen LogP contribution in [0.2, 0.25) is 0 Å². The zero-order valence-corrected chi connectivity index (χ0v) is 4.71. The van der Waals surface area contributed by atoms with E-state index >= 15 is 0 Å². The normalized spacial score (nSPS) is 52.9. The molecule has 0 radical (unpaired) electrons. The Hall–Kier alpha value is -0.0800. The molecule has 2 rings (SSSR count). The van der Waals surface area contributed by atoms with Gasteiger partial charge >= 0.3 is 0 Å². The van der Waals surface area contributed by atoms with Crippen LogP contribution < -0.4 is 0 Å². The SMILES string of the molecule is O[C@@H]1C[C@H]2CC[C@@H]1O2. The summed E-state index contributed by atoms with van der Waals surface area (Å²) in [6, 6.07) is 0. The molecule has 2 heterocycles. The molecule has 2 nitrogen and oxygen atoms in total. The molecule has 0 amide bonds. The molecule has 8 heavy (non-hydrogen) atoms. The molecular weight excluding hydrogens is 104 g/mol. The van der Waals surface area contributed by atoms with Gasteiger partial charge in [0.15, 0.2) is 0 Å². The summed E-state index contributed by atoms with van der Waals surface area (Å²) in [6.45, 7) is 0. The molecule has 2 saturated heterocycles. The van der Waals surface area contributed by atoms with Gasteiger partial charge in [0.1, 0.15) is 0 Å². The molecule has 2 fully saturated rings. The lowest BCUT2D eigenvalue weighted by Crippen LogP contribution is -2.20. The van der Waals surface area contributed by atoms with Crippen LogP contribution >= 0.6 is 0 Å². The average Bonchev–Trinajstić information content (AvgIpc) is 2.23. The van der Waals surface area contributed by atoms with Crippen LogP contribution in [0.3, 0.4) is 0 Å². The van der Waals surface area contributed by atoms with Gasteiger partial charge in [-0.2, -0.15) is 0 Å². The van der Waals surface area contributed by atoms with E-state index in [0.29, 0.717) is 6.10 Å². The van der Waals surface area contributed by atoms with Gasteiger partial charge in [0, 0.05) is 6.42 Å². The number of aliphatic hydroxyl groups excluding tert-OH is 1. The Kier molecular flexibility index (Phi) is 0.866. The van der Waals surface area contributed by atoms with Gasteiger partial charge in [-0.05, 0) is 12.8 Å². The quantitative estimate of drug-likeness (QED) is 0.490. The second-order valence-corrected chi connectivity index (χ2v) is 2.68. The third-order valence-corrected chi connectivity index (χ3v) is 2.07. The average molecular weight is 114 g/mol. The molecule has 0 aliphatic carbocycles. The van der Waals surface area contributed by atoms with Crippen LogP contribution in [-0.2, 0) is 4.74 Å². The van der Waals surface area contributed by atoms with Crippen molar-refractivity contribution in [1.82, 2.24) is 0 Å². The minimum absolute atomic E-state index is 0.145. The first kappa shape index (κ1) is 4.77. The largest absolute Gasteiger partial charge is 0.390 e. The van der Waals surface area contributed by atoms with Crippen molar-refractivity contribution in [3.05, 3.63) is 0 Å². The minimum atomic E-state index is -0.145. The van der Waals surface area contributed by atoms with Crippen molar-refractivity contribution in [1.29, 1.82) is 0 Å². The molecule has 0 aromatic carbocycles. The molecule has 2 aliphatic heterocycles. The van der Waals surface area contributed by atoms with E-state index in [2.05, 4.69) is 0 Å². The minimum Gasteiger partial charge on any atom is -0.390 e. The highest BCUT2D eigenvalue weighted by atomic mass is 16.5. The zero-order chi connectivity index (χ0) is 5.56. The van der Waals surface area contributed by atoms with Gasteiger partial charge in [0.2, 0.25) is 0 Å². The molecule has 0 spiro atoms. The van der Waals surface area contributed by atoms with E-state index in [-0.39, 0.29) is 12.2 Å². The number of hydrogen-bond acceptors (Lipinski definition) is 2. The predicted molar refractivity (Wildman–Crippen MR) is 28.5 cm³/mol. The Bertz CT molecular complexity index is 101. The molecule has 1 N–H and O–H groups in total. The lowest BCUT2D eigenvalue weighted by Gasteiger charge is -2.10. The fourth-order valence-electron chi connectivity index (χ4n) is 1.61. The van der Waals surface area contributed by atoms with Crippen molar-refractivity contribution in [3.63, 3.8) is 0 Å². The van der Waals surface area contributed by atoms with Crippen LogP contribution in [0.1, 0.15) is 19.3 Å². The van der Waals surface area contributed by atoms with E-state index < -0.39 is 0 Å². The number of fused-ring (bicyclic) bond motifs is 2. The summed E-state index contributed by atoms with van der Waals surface area (Å²) in [4.78, 5) is 0. The van der Waals surface area contributed by atoms with E-state index in [1.807, 2.05) is 0 Å². The Morgan fingerprint density at radius 2 is 2.25 bits per heavy atom. The topological polar surface area (TPSA) is 29.5 Å². The van der Waals surface area contributed by atoms with Crippen molar-refractivity contribution in [2.24, 2.45) is 0 Å². The Labute approximate surface area is 48.5 Å². The number of ether oxygens (including phenoxy) is 1. The van der Waals surface area contributed by atoms with Crippen LogP contribution in [0.4, 0.5) is 0 Å². The smallest absolute Gasteiger partial charge is 0.0839 e. The molecule has 0 aromatic heterocycles. The van der Waals surface area contributed by atoms with Crippen LogP contribution in [-0.4, -0.2) is 23.4 Å². The first-order valence-electron chi connectivity index (χ1n) is 3.20. The summed E-state index contributed by atoms with van der Waals surface area (Å²) in [5.41, 5.74) is 0. The van der Waals surface area contributed by atoms with Crippen molar-refractivity contribution in [3.8, 4) is 0 Å². The van der Waals surface area contributed by atoms with E-state index in [0.717, 1.165) is 12.8 Å². The van der Waals surface area contributed by atoms with Crippen molar-refractivity contribution in [2.75, 3.05) is 0 Å². The molecule has 0 aromatic rings. The Balaban J connectivity index is 2.11. The molecule has 2 aliphatic rings. The maximum atomic E-state index is 9.09. The summed E-state index contributed by atoms with van der Waals surface area (Å²) >= 11 is 0. The second-order valence-electron chi connectivity index (χ2n) is 2.68. The second kappa shape index (κ2) is 1.45. The standard InChI is InChI=1S/C6H10O2/c7-5-3-4-1-2-6(5)8-4/h4-7H,1-3H2/t4-,5-,6+/m1/s1. The maximum absolute atomic E-state index is 9.09. The molecule has 0 unspecified atom stereocenters. The molecule has 2 bridgehead atoms. The van der Waals surface area contributed by atoms with Gasteiger partial charge < -0.3 is 9.84 Å². The zero-order valence-electron chi connectivity index (χ0n) is 4.71. The molecular formula is C6H10O2. The maximum Gasteiger partial charge on any atom is 0.0839 e. The van der Waals surface area contributed by atoms with Crippen LogP contribution in [0.15, 0.2) is 0 Å². The monoisotopic (exact) mass is 114 g/mol. The molecule has 0 saturated carbocycles. The van der Waals surface area contributed by atoms with E-state index in [4.69, 9.17) is 9.84 Å². The van der Waals surface area contributed by atoms with E-state index in [1.54, 1.807) is 0 Å². The molecule has 3 atom stereocenters. The predicted octanol–water partition coefficient (Wildman–Crippen LogP) is 0.299. The fourth-order valence-corrected chi connectivity index (χ4v) is 1.61. The number of aliphatic hydroxyl groups is 1. The van der Waals surface area contributed by atoms with Gasteiger partial charge in [-0.15, -0.1) is 0 Å². The fraction of sp³-hybridized carbons (Fsp3) is 1.00. The molecule has 46 valence electrons. The summed E-state index contributed by atoms with van der Waals surface area (Å²) in [6.07, 6.45) is 3.57. The summed E-state index contributed by atoms with van der Waals surface area (Å²) in [5.74, 6) is 0. The Morgan fingerprint density at radius 1 is 1.38 bits per heavy atom. The van der Waals surface area contributed by atoms with Crippen molar-refractivity contribution in [2.45, 2.75) is 37.6 Å². The van der Waals surface area contributed by atoms with Gasteiger partial charge in [-0.3, -0.25) is 0 Å². The van der Waals surface area contributed by atoms with E-state index in [1.165, 1.54) is 6.42 Å². The number of hydrogen-bond donors (Lipinski definition) is 1. The van der Waals surface area contributed by atoms with Gasteiger partial charge in [-0.1, -0.05) is 0 Å². The third-order valence-electron chi connectivity index (χ3n) is 2.07.